The third-order valence-electron chi connectivity index (χ3n) is 4.64. The second kappa shape index (κ2) is 9.89. The molecule has 2 aromatic rings. The van der Waals surface area contributed by atoms with Gasteiger partial charge in [-0.25, -0.2) is 0 Å². The van der Waals surface area contributed by atoms with Crippen molar-refractivity contribution in [2.75, 3.05) is 33.4 Å². The first-order valence-electron chi connectivity index (χ1n) is 9.53. The van der Waals surface area contributed by atoms with E-state index in [-0.39, 0.29) is 17.3 Å². The zero-order valence-electron chi connectivity index (χ0n) is 16.7. The number of carbonyl (C=O) groups is 2. The molecule has 0 aliphatic carbocycles. The van der Waals surface area contributed by atoms with E-state index in [1.165, 1.54) is 6.92 Å². The first-order valence-corrected chi connectivity index (χ1v) is 9.53. The molecular formula is C23H25NO5. The molecule has 0 unspecified atom stereocenters. The van der Waals surface area contributed by atoms with Crippen LogP contribution in [-0.4, -0.2) is 50.0 Å². The van der Waals surface area contributed by atoms with Crippen LogP contribution in [0.3, 0.4) is 0 Å². The molecule has 1 fully saturated rings. The SMILES string of the molecule is COc1cc(C=C(C(C)=O)C(=O)N2CCOCC2)ccc1OCc1ccccc1. The topological polar surface area (TPSA) is 65.1 Å². The Labute approximate surface area is 170 Å². The summed E-state index contributed by atoms with van der Waals surface area (Å²) in [6.45, 7) is 3.76. The predicted octanol–water partition coefficient (Wildman–Crippen LogP) is 3.11. The van der Waals surface area contributed by atoms with Gasteiger partial charge in [-0.05, 0) is 36.3 Å². The molecule has 6 nitrogen and oxygen atoms in total. The highest BCUT2D eigenvalue weighted by atomic mass is 16.5. The monoisotopic (exact) mass is 395 g/mol. The van der Waals surface area contributed by atoms with Crippen molar-refractivity contribution in [2.24, 2.45) is 0 Å². The van der Waals surface area contributed by atoms with Gasteiger partial charge in [0.25, 0.3) is 5.91 Å². The van der Waals surface area contributed by atoms with E-state index >= 15 is 0 Å². The van der Waals surface area contributed by atoms with E-state index in [9.17, 15) is 9.59 Å². The van der Waals surface area contributed by atoms with Crippen LogP contribution in [0.1, 0.15) is 18.1 Å². The number of nitrogens with zero attached hydrogens (tertiary/aromatic N) is 1. The van der Waals surface area contributed by atoms with Crippen LogP contribution >= 0.6 is 0 Å². The van der Waals surface area contributed by atoms with Crippen LogP contribution in [0.4, 0.5) is 0 Å². The Bertz CT molecular complexity index is 885. The highest BCUT2D eigenvalue weighted by Gasteiger charge is 2.23. The molecule has 0 bridgehead atoms. The molecule has 0 spiro atoms. The minimum Gasteiger partial charge on any atom is -0.493 e. The third kappa shape index (κ3) is 5.45. The number of ketones is 1. The van der Waals surface area contributed by atoms with Gasteiger partial charge in [0.1, 0.15) is 6.61 Å². The number of hydrogen-bond donors (Lipinski definition) is 0. The normalized spacial score (nSPS) is 14.4. The number of Topliss-reactive ketones (excluding diaryl/α,β-unsaturated/α-hetero) is 1. The smallest absolute Gasteiger partial charge is 0.257 e. The van der Waals surface area contributed by atoms with Gasteiger partial charge in [-0.1, -0.05) is 36.4 Å². The molecule has 0 N–H and O–H groups in total. The Kier molecular flexibility index (Phi) is 7.03. The van der Waals surface area contributed by atoms with Gasteiger partial charge in [-0.3, -0.25) is 9.59 Å². The van der Waals surface area contributed by atoms with E-state index in [4.69, 9.17) is 14.2 Å². The average Bonchev–Trinajstić information content (AvgIpc) is 2.77. The predicted molar refractivity (Wildman–Crippen MR) is 110 cm³/mol. The lowest BCUT2D eigenvalue weighted by Gasteiger charge is -2.27. The summed E-state index contributed by atoms with van der Waals surface area (Å²) in [5.41, 5.74) is 1.89. The maximum absolute atomic E-state index is 12.8. The molecule has 0 saturated carbocycles. The van der Waals surface area contributed by atoms with Crippen LogP contribution in [0.2, 0.25) is 0 Å². The molecule has 29 heavy (non-hydrogen) atoms. The lowest BCUT2D eigenvalue weighted by molar-refractivity contribution is -0.132. The number of carbonyl (C=O) groups excluding carboxylic acids is 2. The van der Waals surface area contributed by atoms with Gasteiger partial charge in [-0.15, -0.1) is 0 Å². The molecule has 1 heterocycles. The summed E-state index contributed by atoms with van der Waals surface area (Å²) in [4.78, 5) is 26.5. The van der Waals surface area contributed by atoms with Crippen LogP contribution in [0.5, 0.6) is 11.5 Å². The Balaban J connectivity index is 1.79. The minimum absolute atomic E-state index is 0.145. The number of hydrogen-bond acceptors (Lipinski definition) is 5. The van der Waals surface area contributed by atoms with Gasteiger partial charge in [0.15, 0.2) is 17.3 Å². The molecule has 1 aliphatic heterocycles. The summed E-state index contributed by atoms with van der Waals surface area (Å²) in [6, 6.07) is 15.2. The zero-order chi connectivity index (χ0) is 20.6. The van der Waals surface area contributed by atoms with Gasteiger partial charge in [0, 0.05) is 13.1 Å². The van der Waals surface area contributed by atoms with E-state index < -0.39 is 0 Å². The summed E-state index contributed by atoms with van der Waals surface area (Å²) < 4.78 is 16.6. The van der Waals surface area contributed by atoms with E-state index in [2.05, 4.69) is 0 Å². The third-order valence-corrected chi connectivity index (χ3v) is 4.64. The fourth-order valence-corrected chi connectivity index (χ4v) is 3.05. The van der Waals surface area contributed by atoms with E-state index in [0.717, 1.165) is 5.56 Å². The first-order chi connectivity index (χ1) is 14.1. The summed E-state index contributed by atoms with van der Waals surface area (Å²) in [6.07, 6.45) is 1.60. The molecule has 1 aliphatic rings. The van der Waals surface area contributed by atoms with Crippen molar-refractivity contribution in [3.63, 3.8) is 0 Å². The van der Waals surface area contributed by atoms with E-state index in [1.54, 1.807) is 36.3 Å². The lowest BCUT2D eigenvalue weighted by atomic mass is 10.1. The molecule has 152 valence electrons. The molecule has 2 aromatic carbocycles. The Morgan fingerprint density at radius 3 is 2.45 bits per heavy atom. The van der Waals surface area contributed by atoms with Gasteiger partial charge >= 0.3 is 0 Å². The molecule has 1 saturated heterocycles. The highest BCUT2D eigenvalue weighted by Crippen LogP contribution is 2.30. The first kappa shape index (κ1) is 20.6. The van der Waals surface area contributed by atoms with Crippen molar-refractivity contribution in [2.45, 2.75) is 13.5 Å². The van der Waals surface area contributed by atoms with Gasteiger partial charge in [0.05, 0.1) is 25.9 Å². The van der Waals surface area contributed by atoms with Gasteiger partial charge in [0.2, 0.25) is 0 Å². The van der Waals surface area contributed by atoms with Gasteiger partial charge in [-0.2, -0.15) is 0 Å². The summed E-state index contributed by atoms with van der Waals surface area (Å²) in [5, 5.41) is 0. The van der Waals surface area contributed by atoms with Crippen molar-refractivity contribution in [3.05, 3.63) is 65.2 Å². The molecule has 3 rings (SSSR count). The average molecular weight is 395 g/mol. The Morgan fingerprint density at radius 2 is 1.79 bits per heavy atom. The molecule has 6 heteroatoms. The molecule has 0 radical (unpaired) electrons. The Hall–Kier alpha value is -3.12. The molecule has 1 amide bonds. The van der Waals surface area contributed by atoms with Crippen molar-refractivity contribution < 1.29 is 23.8 Å². The van der Waals surface area contributed by atoms with Gasteiger partial charge < -0.3 is 19.1 Å². The van der Waals surface area contributed by atoms with Crippen molar-refractivity contribution in [1.29, 1.82) is 0 Å². The maximum Gasteiger partial charge on any atom is 0.257 e. The van der Waals surface area contributed by atoms with Crippen molar-refractivity contribution >= 4 is 17.8 Å². The summed E-state index contributed by atoms with van der Waals surface area (Å²) >= 11 is 0. The number of methoxy groups -OCH3 is 1. The fraction of sp³-hybridized carbons (Fsp3) is 0.304. The van der Waals surface area contributed by atoms with Crippen LogP contribution in [0.25, 0.3) is 6.08 Å². The van der Waals surface area contributed by atoms with Crippen LogP contribution in [0.15, 0.2) is 54.1 Å². The number of benzene rings is 2. The molecular weight excluding hydrogens is 370 g/mol. The summed E-state index contributed by atoms with van der Waals surface area (Å²) in [5.74, 6) is 0.586. The maximum atomic E-state index is 12.8. The number of ether oxygens (including phenoxy) is 3. The van der Waals surface area contributed by atoms with E-state index in [1.807, 2.05) is 30.3 Å². The molecule has 0 atom stereocenters. The number of morpholine rings is 1. The lowest BCUT2D eigenvalue weighted by Crippen LogP contribution is -2.42. The number of amides is 1. The summed E-state index contributed by atoms with van der Waals surface area (Å²) in [7, 11) is 1.56. The fourth-order valence-electron chi connectivity index (χ4n) is 3.05. The Morgan fingerprint density at radius 1 is 1.07 bits per heavy atom. The second-order valence-electron chi connectivity index (χ2n) is 6.70. The van der Waals surface area contributed by atoms with Crippen molar-refractivity contribution in [1.82, 2.24) is 4.90 Å². The largest absolute Gasteiger partial charge is 0.493 e. The molecule has 0 aromatic heterocycles. The second-order valence-corrected chi connectivity index (χ2v) is 6.70. The van der Waals surface area contributed by atoms with E-state index in [0.29, 0.717) is 50.0 Å². The van der Waals surface area contributed by atoms with Crippen LogP contribution < -0.4 is 9.47 Å². The highest BCUT2D eigenvalue weighted by molar-refractivity contribution is 6.21. The van der Waals surface area contributed by atoms with Crippen LogP contribution in [0, 0.1) is 0 Å². The quantitative estimate of drug-likeness (QED) is 0.409. The number of rotatable bonds is 7. The minimum atomic E-state index is -0.274. The standard InChI is InChI=1S/C23H25NO5/c1-17(25)20(23(26)24-10-12-28-13-11-24)14-19-8-9-21(22(15-19)27-2)29-16-18-6-4-3-5-7-18/h3-9,14-15H,10-13,16H2,1-2H3. The van der Waals surface area contributed by atoms with Crippen LogP contribution in [-0.2, 0) is 20.9 Å². The van der Waals surface area contributed by atoms with Crippen molar-refractivity contribution in [3.8, 4) is 11.5 Å². The zero-order valence-corrected chi connectivity index (χ0v) is 16.7.